The predicted octanol–water partition coefficient (Wildman–Crippen LogP) is 12.9. The summed E-state index contributed by atoms with van der Waals surface area (Å²) in [7, 11) is 0. The molecule has 0 aliphatic rings. The van der Waals surface area contributed by atoms with E-state index in [1.165, 1.54) is 42.7 Å². The summed E-state index contributed by atoms with van der Waals surface area (Å²) in [5.41, 5.74) is 10.0. The smallest absolute Gasteiger partial charge is 0.237 e. The molecule has 13 aromatic rings. The Kier molecular flexibility index (Phi) is 6.23. The van der Waals surface area contributed by atoms with Gasteiger partial charge in [-0.15, -0.1) is 11.3 Å². The number of thiophene rings is 1. The normalized spacial score (nSPS) is 12.2. The topological polar surface area (TPSA) is 45.5 Å². The largest absolute Gasteiger partial charge is 0.295 e. The molecule has 0 bridgehead atoms. The molecule has 6 heterocycles. The molecule has 6 nitrogen and oxygen atoms in total. The van der Waals surface area contributed by atoms with E-state index in [4.69, 9.17) is 9.97 Å². The van der Waals surface area contributed by atoms with Gasteiger partial charge in [-0.3, -0.25) is 18.3 Å². The molecule has 0 saturated heterocycles. The highest BCUT2D eigenvalue weighted by Crippen LogP contribution is 2.44. The number of hydrogen-bond donors (Lipinski definition) is 0. The maximum atomic E-state index is 5.30. The van der Waals surface area contributed by atoms with Crippen LogP contribution in [0.3, 0.4) is 0 Å². The number of nitrogens with zero attached hydrogens (tertiary/aromatic N) is 6. The fourth-order valence-corrected chi connectivity index (χ4v) is 10.4. The lowest BCUT2D eigenvalue weighted by molar-refractivity contribution is 0.977. The first-order valence-electron chi connectivity index (χ1n) is 19.2. The van der Waals surface area contributed by atoms with Crippen LogP contribution in [0.4, 0.5) is 0 Å². The van der Waals surface area contributed by atoms with Crippen LogP contribution in [0.15, 0.2) is 182 Å². The molecule has 0 radical (unpaired) electrons. The number of para-hydroxylation sites is 5. The monoisotopic (exact) mass is 746 g/mol. The fraction of sp³-hybridized carbons (Fsp3) is 0. The van der Waals surface area contributed by atoms with Crippen LogP contribution < -0.4 is 0 Å². The minimum absolute atomic E-state index is 0.658. The van der Waals surface area contributed by atoms with Crippen LogP contribution in [-0.2, 0) is 0 Å². The summed E-state index contributed by atoms with van der Waals surface area (Å²) in [4.78, 5) is 11.4. The van der Waals surface area contributed by atoms with Gasteiger partial charge in [0.05, 0.1) is 22.1 Å². The van der Waals surface area contributed by atoms with E-state index in [1.807, 2.05) is 6.20 Å². The summed E-state index contributed by atoms with van der Waals surface area (Å²) in [6.07, 6.45) is 2.00. The Morgan fingerprint density at radius 1 is 0.368 bits per heavy atom. The number of hydrogen-bond acceptors (Lipinski definition) is 3. The molecule has 0 unspecified atom stereocenters. The van der Waals surface area contributed by atoms with Crippen LogP contribution in [0.5, 0.6) is 0 Å². The first-order valence-corrected chi connectivity index (χ1v) is 20.0. The quantitative estimate of drug-likeness (QED) is 0.180. The zero-order valence-electron chi connectivity index (χ0n) is 30.4. The van der Waals surface area contributed by atoms with Crippen LogP contribution in [0.1, 0.15) is 0 Å². The third-order valence-electron chi connectivity index (χ3n) is 11.6. The molecule has 7 aromatic carbocycles. The van der Waals surface area contributed by atoms with E-state index in [0.29, 0.717) is 5.95 Å². The van der Waals surface area contributed by atoms with E-state index in [0.717, 1.165) is 60.4 Å². The lowest BCUT2D eigenvalue weighted by Gasteiger charge is -2.14. The van der Waals surface area contributed by atoms with Gasteiger partial charge in [0, 0.05) is 71.0 Å². The second kappa shape index (κ2) is 11.5. The molecule has 57 heavy (non-hydrogen) atoms. The number of aromatic nitrogens is 6. The zero-order valence-corrected chi connectivity index (χ0v) is 31.2. The maximum Gasteiger partial charge on any atom is 0.237 e. The zero-order chi connectivity index (χ0) is 37.2. The number of rotatable bonds is 4. The molecule has 13 rings (SSSR count). The highest BCUT2D eigenvalue weighted by molar-refractivity contribution is 7.25. The van der Waals surface area contributed by atoms with Gasteiger partial charge in [0.1, 0.15) is 16.1 Å². The highest BCUT2D eigenvalue weighted by Gasteiger charge is 2.26. The van der Waals surface area contributed by atoms with E-state index in [1.54, 1.807) is 11.3 Å². The molecule has 7 heteroatoms. The van der Waals surface area contributed by atoms with Crippen molar-refractivity contribution in [2.24, 2.45) is 0 Å². The Labute approximate surface area is 329 Å². The van der Waals surface area contributed by atoms with Gasteiger partial charge in [0.25, 0.3) is 0 Å². The minimum atomic E-state index is 0.658. The van der Waals surface area contributed by atoms with Crippen molar-refractivity contribution in [2.45, 2.75) is 0 Å². The van der Waals surface area contributed by atoms with Gasteiger partial charge in [-0.1, -0.05) is 109 Å². The fourth-order valence-electron chi connectivity index (χ4n) is 9.32. The summed E-state index contributed by atoms with van der Waals surface area (Å²) in [5, 5.41) is 9.49. The lowest BCUT2D eigenvalue weighted by Crippen LogP contribution is -2.05. The van der Waals surface area contributed by atoms with Crippen molar-refractivity contribution in [2.75, 3.05) is 0 Å². The van der Waals surface area contributed by atoms with Crippen LogP contribution in [-0.4, -0.2) is 28.2 Å². The molecule has 266 valence electrons. The minimum Gasteiger partial charge on any atom is -0.295 e. The van der Waals surface area contributed by atoms with E-state index in [9.17, 15) is 0 Å². The van der Waals surface area contributed by atoms with Gasteiger partial charge < -0.3 is 0 Å². The third-order valence-corrected chi connectivity index (χ3v) is 12.7. The highest BCUT2D eigenvalue weighted by atomic mass is 32.1. The molecular weight excluding hydrogens is 717 g/mol. The first-order chi connectivity index (χ1) is 28.3. The average Bonchev–Trinajstić information content (AvgIpc) is 4.06. The van der Waals surface area contributed by atoms with Crippen LogP contribution in [0.2, 0.25) is 0 Å². The maximum absolute atomic E-state index is 5.30. The van der Waals surface area contributed by atoms with E-state index in [2.05, 4.69) is 194 Å². The van der Waals surface area contributed by atoms with Crippen molar-refractivity contribution < 1.29 is 0 Å². The van der Waals surface area contributed by atoms with Gasteiger partial charge >= 0.3 is 0 Å². The van der Waals surface area contributed by atoms with Crippen molar-refractivity contribution in [3.05, 3.63) is 182 Å². The molecule has 0 aliphatic heterocycles. The second-order valence-electron chi connectivity index (χ2n) is 14.6. The molecule has 0 N–H and O–H groups in total. The van der Waals surface area contributed by atoms with Gasteiger partial charge in [-0.2, -0.15) is 0 Å². The molecule has 0 saturated carbocycles. The average molecular weight is 747 g/mol. The molecular formula is C50H30N6S. The molecule has 6 aromatic heterocycles. The summed E-state index contributed by atoms with van der Waals surface area (Å²) in [5.74, 6) is 0.658. The first kappa shape index (κ1) is 30.8. The van der Waals surface area contributed by atoms with Gasteiger partial charge in [0.2, 0.25) is 5.95 Å². The van der Waals surface area contributed by atoms with Crippen molar-refractivity contribution in [3.8, 4) is 23.0 Å². The number of benzene rings is 7. The van der Waals surface area contributed by atoms with Gasteiger partial charge in [-0.25, -0.2) is 9.97 Å². The second-order valence-corrected chi connectivity index (χ2v) is 15.7. The van der Waals surface area contributed by atoms with Crippen molar-refractivity contribution in [1.82, 2.24) is 28.2 Å². The predicted molar refractivity (Wildman–Crippen MR) is 237 cm³/mol. The Bertz CT molecular complexity index is 3750. The standard InChI is InChI=1S/C50H30N6S/c1-3-15-31(16-4-1)53-40-23-11-7-20-35(40)45-36-21-8-12-24-41(36)55(48(45)53)33-27-28-43-38(29-33)46-37-22-9-13-25-42(37)56(49(46)54(43)32-17-5-2-6-18-32)50-51-30-39-34-19-10-14-26-44(34)57-47(39)52-50/h1-30H. The molecule has 0 spiro atoms. The third kappa shape index (κ3) is 4.18. The molecule has 0 atom stereocenters. The summed E-state index contributed by atoms with van der Waals surface area (Å²) < 4.78 is 10.7. The number of fused-ring (bicyclic) bond motifs is 13. The van der Waals surface area contributed by atoms with Crippen molar-refractivity contribution >= 4 is 97.3 Å². The Balaban J connectivity index is 1.17. The lowest BCUT2D eigenvalue weighted by atomic mass is 10.1. The van der Waals surface area contributed by atoms with Crippen LogP contribution in [0.25, 0.3) is 109 Å². The summed E-state index contributed by atoms with van der Waals surface area (Å²) in [6, 6.07) is 63.2. The molecule has 0 aliphatic carbocycles. The molecule has 0 amide bonds. The van der Waals surface area contributed by atoms with Crippen molar-refractivity contribution in [1.29, 1.82) is 0 Å². The van der Waals surface area contributed by atoms with Gasteiger partial charge in [0.15, 0.2) is 0 Å². The van der Waals surface area contributed by atoms with Gasteiger partial charge in [-0.05, 0) is 66.7 Å². The van der Waals surface area contributed by atoms with Crippen LogP contribution >= 0.6 is 11.3 Å². The Hall–Kier alpha value is -7.48. The Morgan fingerprint density at radius 2 is 0.842 bits per heavy atom. The van der Waals surface area contributed by atoms with Crippen molar-refractivity contribution in [3.63, 3.8) is 0 Å². The SMILES string of the molecule is c1ccc(-n2c3ccccc3c3c4ccccc4n(-c4ccc5c(c4)c4c6ccccc6n(-c6ncc7c(n6)sc6ccccc67)c4n5-c4ccccc4)c32)cc1. The van der Waals surface area contributed by atoms with E-state index >= 15 is 0 Å². The van der Waals surface area contributed by atoms with Crippen LogP contribution in [0, 0.1) is 0 Å². The van der Waals surface area contributed by atoms with E-state index < -0.39 is 0 Å². The molecule has 0 fully saturated rings. The van der Waals surface area contributed by atoms with E-state index in [-0.39, 0.29) is 0 Å². The summed E-state index contributed by atoms with van der Waals surface area (Å²) in [6.45, 7) is 0. The Morgan fingerprint density at radius 3 is 1.47 bits per heavy atom. The summed E-state index contributed by atoms with van der Waals surface area (Å²) >= 11 is 1.72.